The molecule has 0 aliphatic carbocycles. The third kappa shape index (κ3) is 33.0. The summed E-state index contributed by atoms with van der Waals surface area (Å²) in [4.78, 5) is 0. The fourth-order valence-electron chi connectivity index (χ4n) is 0.377. The first-order valence-corrected chi connectivity index (χ1v) is 4.63. The van der Waals surface area contributed by atoms with Crippen LogP contribution in [0.25, 0.3) is 0 Å². The Kier molecular flexibility index (Phi) is 19.8. The maximum Gasteiger partial charge on any atom is 0.389 e. The Labute approximate surface area is 74.2 Å². The summed E-state index contributed by atoms with van der Waals surface area (Å²) >= 11 is 0. The Hall–Kier alpha value is -0.210. The lowest BCUT2D eigenvalue weighted by atomic mass is 10.2. The quantitative estimate of drug-likeness (QED) is 0.581. The van der Waals surface area contributed by atoms with Gasteiger partial charge in [0.15, 0.2) is 0 Å². The van der Waals surface area contributed by atoms with Gasteiger partial charge >= 0.3 is 6.18 Å². The molecule has 0 saturated carbocycles. The number of alkyl halides is 3. The standard InChI is InChI=1S/C5H9F3.2C2H6/c1-2-3-4-5(6,7)8;2*1-2/h2-4H2,1H3;2*1-2H3. The second kappa shape index (κ2) is 13.4. The second-order valence-corrected chi connectivity index (χ2v) is 1.72. The Morgan fingerprint density at radius 2 is 1.25 bits per heavy atom. The van der Waals surface area contributed by atoms with Gasteiger partial charge in [0.1, 0.15) is 0 Å². The summed E-state index contributed by atoms with van der Waals surface area (Å²) in [6.45, 7) is 9.74. The summed E-state index contributed by atoms with van der Waals surface area (Å²) in [6, 6.07) is 0. The molecule has 0 nitrogen and oxygen atoms in total. The van der Waals surface area contributed by atoms with Gasteiger partial charge in [-0.1, -0.05) is 41.0 Å². The average molecular weight is 186 g/mol. The number of hydrogen-bond acceptors (Lipinski definition) is 0. The van der Waals surface area contributed by atoms with Gasteiger partial charge in [0.05, 0.1) is 0 Å². The van der Waals surface area contributed by atoms with Crippen molar-refractivity contribution in [2.24, 2.45) is 0 Å². The van der Waals surface area contributed by atoms with Crippen LogP contribution in [-0.4, -0.2) is 6.18 Å². The molecule has 0 aromatic heterocycles. The van der Waals surface area contributed by atoms with E-state index in [-0.39, 0.29) is 6.42 Å². The Morgan fingerprint density at radius 3 is 1.33 bits per heavy atom. The van der Waals surface area contributed by atoms with E-state index in [2.05, 4.69) is 0 Å². The van der Waals surface area contributed by atoms with Crippen LogP contribution in [-0.2, 0) is 0 Å². The van der Waals surface area contributed by atoms with E-state index in [1.807, 2.05) is 27.7 Å². The van der Waals surface area contributed by atoms with Gasteiger partial charge in [-0.3, -0.25) is 0 Å². The number of halogens is 3. The Bertz CT molecular complexity index is 57.3. The van der Waals surface area contributed by atoms with Crippen LogP contribution in [0.3, 0.4) is 0 Å². The molecule has 0 heterocycles. The van der Waals surface area contributed by atoms with Gasteiger partial charge in [0.2, 0.25) is 0 Å². The summed E-state index contributed by atoms with van der Waals surface area (Å²) in [6.07, 6.45) is -3.72. The van der Waals surface area contributed by atoms with Crippen molar-refractivity contribution in [1.82, 2.24) is 0 Å². The van der Waals surface area contributed by atoms with E-state index in [9.17, 15) is 13.2 Å². The van der Waals surface area contributed by atoms with Crippen molar-refractivity contribution in [3.8, 4) is 0 Å². The first-order chi connectivity index (χ1) is 5.56. The van der Waals surface area contributed by atoms with Crippen molar-refractivity contribution in [3.63, 3.8) is 0 Å². The molecule has 0 aromatic carbocycles. The molecule has 0 rings (SSSR count). The smallest absolute Gasteiger partial charge is 0.171 e. The fourth-order valence-corrected chi connectivity index (χ4v) is 0.377. The summed E-state index contributed by atoms with van der Waals surface area (Å²) in [5.41, 5.74) is 0. The Morgan fingerprint density at radius 1 is 0.917 bits per heavy atom. The number of unbranched alkanes of at least 4 members (excludes halogenated alkanes) is 1. The molecule has 0 aliphatic rings. The summed E-state index contributed by atoms with van der Waals surface area (Å²) in [5.74, 6) is 0. The lowest BCUT2D eigenvalue weighted by Crippen LogP contribution is -2.05. The van der Waals surface area contributed by atoms with E-state index in [4.69, 9.17) is 0 Å². The van der Waals surface area contributed by atoms with Gasteiger partial charge in [-0.25, -0.2) is 0 Å². The van der Waals surface area contributed by atoms with Crippen LogP contribution in [0.1, 0.15) is 53.9 Å². The van der Waals surface area contributed by atoms with Crippen LogP contribution < -0.4 is 0 Å². The van der Waals surface area contributed by atoms with E-state index in [1.54, 1.807) is 6.92 Å². The highest BCUT2D eigenvalue weighted by Gasteiger charge is 2.25. The molecule has 0 spiro atoms. The number of hydrogen-bond donors (Lipinski definition) is 0. The third-order valence-electron chi connectivity index (χ3n) is 0.814. The van der Waals surface area contributed by atoms with Crippen molar-refractivity contribution in [2.75, 3.05) is 0 Å². The molecule has 3 heteroatoms. The molecule has 0 aromatic rings. The molecule has 0 atom stereocenters. The molecule has 0 bridgehead atoms. The topological polar surface area (TPSA) is 0 Å². The molecule has 0 unspecified atom stereocenters. The molecule has 12 heavy (non-hydrogen) atoms. The zero-order valence-corrected chi connectivity index (χ0v) is 8.76. The van der Waals surface area contributed by atoms with Crippen molar-refractivity contribution in [1.29, 1.82) is 0 Å². The summed E-state index contributed by atoms with van der Waals surface area (Å²) in [7, 11) is 0. The van der Waals surface area contributed by atoms with Crippen molar-refractivity contribution in [2.45, 2.75) is 60.1 Å². The first kappa shape index (κ1) is 17.8. The van der Waals surface area contributed by atoms with Gasteiger partial charge < -0.3 is 0 Å². The van der Waals surface area contributed by atoms with Gasteiger partial charge in [-0.05, 0) is 6.42 Å². The summed E-state index contributed by atoms with van der Waals surface area (Å²) < 4.78 is 33.7. The van der Waals surface area contributed by atoms with E-state index in [0.717, 1.165) is 0 Å². The molecular weight excluding hydrogens is 165 g/mol. The van der Waals surface area contributed by atoms with Gasteiger partial charge in [0.25, 0.3) is 0 Å². The second-order valence-electron chi connectivity index (χ2n) is 1.72. The third-order valence-corrected chi connectivity index (χ3v) is 0.814. The normalized spacial score (nSPS) is 9.00. The van der Waals surface area contributed by atoms with E-state index in [0.29, 0.717) is 6.42 Å². The van der Waals surface area contributed by atoms with E-state index in [1.165, 1.54) is 0 Å². The monoisotopic (exact) mass is 186 g/mol. The summed E-state index contributed by atoms with van der Waals surface area (Å²) in [5, 5.41) is 0. The van der Waals surface area contributed by atoms with Crippen LogP contribution in [0.5, 0.6) is 0 Å². The van der Waals surface area contributed by atoms with Gasteiger partial charge in [0, 0.05) is 6.42 Å². The van der Waals surface area contributed by atoms with Crippen LogP contribution in [0.4, 0.5) is 13.2 Å². The molecule has 0 aliphatic heterocycles. The number of rotatable bonds is 2. The minimum absolute atomic E-state index is 0.253. The highest BCUT2D eigenvalue weighted by molar-refractivity contribution is 4.47. The fraction of sp³-hybridized carbons (Fsp3) is 1.00. The highest BCUT2D eigenvalue weighted by atomic mass is 19.4. The molecule has 0 radical (unpaired) electrons. The molecule has 0 fully saturated rings. The maximum atomic E-state index is 11.2. The van der Waals surface area contributed by atoms with Crippen LogP contribution in [0.15, 0.2) is 0 Å². The molecule has 0 saturated heterocycles. The largest absolute Gasteiger partial charge is 0.389 e. The molecule has 0 amide bonds. The first-order valence-electron chi connectivity index (χ1n) is 4.63. The lowest BCUT2D eigenvalue weighted by Gasteiger charge is -2.02. The van der Waals surface area contributed by atoms with Crippen LogP contribution in [0, 0.1) is 0 Å². The highest BCUT2D eigenvalue weighted by Crippen LogP contribution is 2.21. The predicted octanol–water partition coefficient (Wildman–Crippen LogP) is 4.79. The minimum Gasteiger partial charge on any atom is -0.171 e. The molecule has 0 N–H and O–H groups in total. The molecule has 78 valence electrons. The lowest BCUT2D eigenvalue weighted by molar-refractivity contribution is -0.135. The minimum atomic E-state index is -3.95. The van der Waals surface area contributed by atoms with Crippen molar-refractivity contribution in [3.05, 3.63) is 0 Å². The SMILES string of the molecule is CC.CC.CCCCC(F)(F)F. The van der Waals surface area contributed by atoms with Crippen molar-refractivity contribution < 1.29 is 13.2 Å². The van der Waals surface area contributed by atoms with Crippen LogP contribution in [0.2, 0.25) is 0 Å². The average Bonchev–Trinajstić information content (AvgIpc) is 2.07. The zero-order valence-electron chi connectivity index (χ0n) is 8.76. The maximum absolute atomic E-state index is 11.2. The van der Waals surface area contributed by atoms with Gasteiger partial charge in [-0.15, -0.1) is 0 Å². The van der Waals surface area contributed by atoms with E-state index < -0.39 is 12.6 Å². The van der Waals surface area contributed by atoms with Crippen LogP contribution >= 0.6 is 0 Å². The van der Waals surface area contributed by atoms with E-state index >= 15 is 0 Å². The zero-order chi connectivity index (χ0) is 10.6. The molecular formula is C9H21F3. The predicted molar refractivity (Wildman–Crippen MR) is 48.3 cm³/mol. The Balaban J connectivity index is -0.000000175. The van der Waals surface area contributed by atoms with Gasteiger partial charge in [-0.2, -0.15) is 13.2 Å². The van der Waals surface area contributed by atoms with Crippen molar-refractivity contribution >= 4 is 0 Å².